The average molecular weight is 387 g/mol. The molecule has 6 nitrogen and oxygen atoms in total. The number of carbonyl (C=O) groups excluding carboxylic acids is 2. The average Bonchev–Trinajstić information content (AvgIpc) is 3.25. The number of anilines is 1. The third-order valence-corrected chi connectivity index (χ3v) is 6.14. The molecule has 1 aromatic carbocycles. The van der Waals surface area contributed by atoms with Crippen molar-refractivity contribution in [3.8, 4) is 0 Å². The van der Waals surface area contributed by atoms with E-state index >= 15 is 0 Å². The molecule has 0 radical (unpaired) electrons. The maximum atomic E-state index is 12.8. The van der Waals surface area contributed by atoms with Gasteiger partial charge in [0, 0.05) is 43.3 Å². The number of thioether (sulfide) groups is 1. The van der Waals surface area contributed by atoms with E-state index in [1.54, 1.807) is 30.5 Å². The molecule has 0 bridgehead atoms. The number of aromatic nitrogens is 2. The van der Waals surface area contributed by atoms with Gasteiger partial charge in [-0.05, 0) is 43.0 Å². The van der Waals surface area contributed by atoms with Crippen LogP contribution in [0.25, 0.3) is 0 Å². The number of nitrogens with zero attached hydrogens (tertiary/aromatic N) is 3. The Labute approximate surface area is 164 Å². The normalized spacial score (nSPS) is 19.3. The van der Waals surface area contributed by atoms with Gasteiger partial charge < -0.3 is 14.8 Å². The molecule has 7 heteroatoms. The molecule has 2 atom stereocenters. The molecule has 1 N–H and O–H groups in total. The summed E-state index contributed by atoms with van der Waals surface area (Å²) in [5.41, 5.74) is 1.36. The Hall–Kier alpha value is -2.28. The van der Waals surface area contributed by atoms with Crippen molar-refractivity contribution in [1.29, 1.82) is 0 Å². The van der Waals surface area contributed by atoms with Gasteiger partial charge in [0.05, 0.1) is 5.75 Å². The summed E-state index contributed by atoms with van der Waals surface area (Å²) in [7, 11) is 1.90. The first-order valence-electron chi connectivity index (χ1n) is 9.30. The van der Waals surface area contributed by atoms with Gasteiger partial charge in [-0.2, -0.15) is 0 Å². The van der Waals surface area contributed by atoms with Crippen LogP contribution in [0, 0.1) is 5.92 Å². The summed E-state index contributed by atoms with van der Waals surface area (Å²) in [6, 6.07) is 7.48. The van der Waals surface area contributed by atoms with Crippen molar-refractivity contribution in [2.45, 2.75) is 37.9 Å². The SMILES string of the molecule is CC[C@@H]1[C@@H](C)CCN1C(=O)c1ccc(NC(=O)CSc2nccn2C)cc1. The van der Waals surface area contributed by atoms with Crippen molar-refractivity contribution in [2.75, 3.05) is 17.6 Å². The van der Waals surface area contributed by atoms with Crippen LogP contribution >= 0.6 is 11.8 Å². The second-order valence-electron chi connectivity index (χ2n) is 6.98. The van der Waals surface area contributed by atoms with E-state index in [4.69, 9.17) is 0 Å². The molecule has 2 heterocycles. The molecule has 27 heavy (non-hydrogen) atoms. The lowest BCUT2D eigenvalue weighted by Gasteiger charge is -2.26. The molecular formula is C20H26N4O2S. The van der Waals surface area contributed by atoms with E-state index in [0.717, 1.165) is 24.5 Å². The third kappa shape index (κ3) is 4.53. The summed E-state index contributed by atoms with van der Waals surface area (Å²) < 4.78 is 1.88. The van der Waals surface area contributed by atoms with Gasteiger partial charge in [-0.3, -0.25) is 9.59 Å². The number of imidazole rings is 1. The Balaban J connectivity index is 1.56. The van der Waals surface area contributed by atoms with Crippen molar-refractivity contribution >= 4 is 29.3 Å². The van der Waals surface area contributed by atoms with Gasteiger partial charge in [0.25, 0.3) is 5.91 Å². The molecule has 1 aliphatic rings. The first-order chi connectivity index (χ1) is 13.0. The highest BCUT2D eigenvalue weighted by Crippen LogP contribution is 2.28. The van der Waals surface area contributed by atoms with Crippen molar-refractivity contribution in [2.24, 2.45) is 13.0 Å². The first kappa shape index (κ1) is 19.5. The molecule has 0 saturated carbocycles. The fourth-order valence-electron chi connectivity index (χ4n) is 3.56. The number of nitrogens with one attached hydrogen (secondary N) is 1. The molecular weight excluding hydrogens is 360 g/mol. The summed E-state index contributed by atoms with van der Waals surface area (Å²) in [5, 5.41) is 3.67. The Morgan fingerprint density at radius 2 is 2.04 bits per heavy atom. The Morgan fingerprint density at radius 3 is 2.67 bits per heavy atom. The highest BCUT2D eigenvalue weighted by Gasteiger charge is 2.33. The van der Waals surface area contributed by atoms with E-state index in [-0.39, 0.29) is 17.6 Å². The largest absolute Gasteiger partial charge is 0.335 e. The molecule has 0 unspecified atom stereocenters. The summed E-state index contributed by atoms with van der Waals surface area (Å²) >= 11 is 1.39. The number of hydrogen-bond donors (Lipinski definition) is 1. The fraction of sp³-hybridized carbons (Fsp3) is 0.450. The molecule has 1 aliphatic heterocycles. The smallest absolute Gasteiger partial charge is 0.254 e. The second-order valence-corrected chi connectivity index (χ2v) is 7.92. The summed E-state index contributed by atoms with van der Waals surface area (Å²) in [6.45, 7) is 5.17. The highest BCUT2D eigenvalue weighted by molar-refractivity contribution is 7.99. The van der Waals surface area contributed by atoms with Crippen LogP contribution in [-0.2, 0) is 11.8 Å². The summed E-state index contributed by atoms with van der Waals surface area (Å²) in [5.74, 6) is 0.819. The van der Waals surface area contributed by atoms with Crippen LogP contribution in [0.5, 0.6) is 0 Å². The Bertz CT molecular complexity index is 803. The van der Waals surface area contributed by atoms with Crippen LogP contribution in [-0.4, -0.2) is 44.6 Å². The van der Waals surface area contributed by atoms with E-state index in [1.807, 2.05) is 22.7 Å². The minimum atomic E-state index is -0.0958. The molecule has 3 rings (SSSR count). The maximum Gasteiger partial charge on any atom is 0.254 e. The summed E-state index contributed by atoms with van der Waals surface area (Å²) in [6.07, 6.45) is 5.60. The number of aryl methyl sites for hydroxylation is 1. The molecule has 0 spiro atoms. The molecule has 2 aromatic rings. The number of likely N-dealkylation sites (tertiary alicyclic amines) is 1. The van der Waals surface area contributed by atoms with Crippen LogP contribution in [0.2, 0.25) is 0 Å². The summed E-state index contributed by atoms with van der Waals surface area (Å²) in [4.78, 5) is 31.1. The highest BCUT2D eigenvalue weighted by atomic mass is 32.2. The monoisotopic (exact) mass is 386 g/mol. The Morgan fingerprint density at radius 1 is 1.30 bits per heavy atom. The topological polar surface area (TPSA) is 67.2 Å². The van der Waals surface area contributed by atoms with E-state index in [0.29, 0.717) is 23.2 Å². The minimum Gasteiger partial charge on any atom is -0.335 e. The Kier molecular flexibility index (Phi) is 6.21. The zero-order valence-corrected chi connectivity index (χ0v) is 16.8. The van der Waals surface area contributed by atoms with E-state index in [2.05, 4.69) is 24.1 Å². The number of carbonyl (C=O) groups is 2. The van der Waals surface area contributed by atoms with Crippen LogP contribution in [0.1, 0.15) is 37.0 Å². The third-order valence-electron chi connectivity index (χ3n) is 5.09. The predicted molar refractivity (Wildman–Crippen MR) is 108 cm³/mol. The van der Waals surface area contributed by atoms with E-state index in [9.17, 15) is 9.59 Å². The lowest BCUT2D eigenvalue weighted by atomic mass is 10.0. The zero-order chi connectivity index (χ0) is 19.4. The van der Waals surface area contributed by atoms with Crippen molar-refractivity contribution in [3.05, 3.63) is 42.2 Å². The quantitative estimate of drug-likeness (QED) is 0.773. The second kappa shape index (κ2) is 8.61. The maximum absolute atomic E-state index is 12.8. The lowest BCUT2D eigenvalue weighted by molar-refractivity contribution is -0.113. The predicted octanol–water partition coefficient (Wildman–Crippen LogP) is 3.41. The van der Waals surface area contributed by atoms with Crippen LogP contribution in [0.3, 0.4) is 0 Å². The van der Waals surface area contributed by atoms with Crippen molar-refractivity contribution in [1.82, 2.24) is 14.5 Å². The number of amides is 2. The molecule has 2 amide bonds. The van der Waals surface area contributed by atoms with Gasteiger partial charge in [-0.15, -0.1) is 0 Å². The van der Waals surface area contributed by atoms with Crippen molar-refractivity contribution in [3.63, 3.8) is 0 Å². The van der Waals surface area contributed by atoms with E-state index < -0.39 is 0 Å². The number of benzene rings is 1. The standard InChI is InChI=1S/C20H26N4O2S/c1-4-17-14(2)9-11-24(17)19(26)15-5-7-16(8-6-15)22-18(25)13-27-20-21-10-12-23(20)3/h5-8,10,12,14,17H,4,9,11,13H2,1-3H3,(H,22,25)/t14-,17+/m0/s1. The van der Waals surface area contributed by atoms with Crippen LogP contribution in [0.4, 0.5) is 5.69 Å². The van der Waals surface area contributed by atoms with Crippen LogP contribution < -0.4 is 5.32 Å². The zero-order valence-electron chi connectivity index (χ0n) is 16.0. The van der Waals surface area contributed by atoms with Gasteiger partial charge in [-0.25, -0.2) is 4.98 Å². The van der Waals surface area contributed by atoms with Gasteiger partial charge in [0.15, 0.2) is 5.16 Å². The van der Waals surface area contributed by atoms with Crippen LogP contribution in [0.15, 0.2) is 41.8 Å². The molecule has 0 aliphatic carbocycles. The minimum absolute atomic E-state index is 0.0782. The molecule has 1 saturated heterocycles. The first-order valence-corrected chi connectivity index (χ1v) is 10.3. The molecule has 144 valence electrons. The number of rotatable bonds is 6. The van der Waals surface area contributed by atoms with Gasteiger partial charge in [-0.1, -0.05) is 25.6 Å². The fourth-order valence-corrected chi connectivity index (χ4v) is 4.30. The molecule has 1 fully saturated rings. The van der Waals surface area contributed by atoms with Gasteiger partial charge in [0.2, 0.25) is 5.91 Å². The van der Waals surface area contributed by atoms with Gasteiger partial charge in [0.1, 0.15) is 0 Å². The van der Waals surface area contributed by atoms with Crippen molar-refractivity contribution < 1.29 is 9.59 Å². The lowest BCUT2D eigenvalue weighted by Crippen LogP contribution is -2.37. The van der Waals surface area contributed by atoms with E-state index in [1.165, 1.54) is 11.8 Å². The molecule has 1 aromatic heterocycles. The van der Waals surface area contributed by atoms with Gasteiger partial charge >= 0.3 is 0 Å². The number of hydrogen-bond acceptors (Lipinski definition) is 4.